The lowest BCUT2D eigenvalue weighted by molar-refractivity contribution is -0.123. The monoisotopic (exact) mass is 321 g/mol. The molecule has 1 amide bonds. The van der Waals surface area contributed by atoms with Gasteiger partial charge in [-0.25, -0.2) is 0 Å². The van der Waals surface area contributed by atoms with Gasteiger partial charge in [-0.1, -0.05) is 12.8 Å². The molecule has 1 N–H and O–H groups in total. The smallest absolute Gasteiger partial charge is 0.230 e. The molecule has 1 unspecified atom stereocenters. The van der Waals surface area contributed by atoms with Crippen molar-refractivity contribution in [1.82, 2.24) is 5.32 Å². The lowest BCUT2D eigenvalue weighted by atomic mass is 9.48. The van der Waals surface area contributed by atoms with Gasteiger partial charge in [0.15, 0.2) is 0 Å². The second-order valence-corrected chi connectivity index (χ2v) is 10.1. The Bertz CT molecular complexity index is 394. The highest BCUT2D eigenvalue weighted by atomic mass is 32.2. The highest BCUT2D eigenvalue weighted by Crippen LogP contribution is 2.61. The zero-order valence-electron chi connectivity index (χ0n) is 14.0. The lowest BCUT2D eigenvalue weighted by Gasteiger charge is -2.59. The third-order valence-corrected chi connectivity index (χ3v) is 8.51. The minimum Gasteiger partial charge on any atom is -0.352 e. The Morgan fingerprint density at radius 1 is 1.09 bits per heavy atom. The van der Waals surface area contributed by atoms with Gasteiger partial charge in [0, 0.05) is 11.3 Å². The number of carbonyl (C=O) groups is 1. The van der Waals surface area contributed by atoms with Crippen LogP contribution in [0.25, 0.3) is 0 Å². The van der Waals surface area contributed by atoms with E-state index >= 15 is 0 Å². The molecule has 124 valence electrons. The second kappa shape index (κ2) is 6.03. The molecule has 5 rings (SSSR count). The molecule has 5 aliphatic carbocycles. The summed E-state index contributed by atoms with van der Waals surface area (Å²) >= 11 is 1.90. The minimum absolute atomic E-state index is 0.292. The summed E-state index contributed by atoms with van der Waals surface area (Å²) in [6.07, 6.45) is 14.0. The number of nitrogens with one attached hydrogen (secondary N) is 1. The first-order chi connectivity index (χ1) is 10.6. The lowest BCUT2D eigenvalue weighted by Crippen LogP contribution is -2.56. The van der Waals surface area contributed by atoms with Crippen molar-refractivity contribution in [1.29, 1.82) is 0 Å². The Morgan fingerprint density at radius 3 is 2.18 bits per heavy atom. The first kappa shape index (κ1) is 15.4. The number of thioether (sulfide) groups is 1. The van der Waals surface area contributed by atoms with Crippen LogP contribution < -0.4 is 5.32 Å². The molecule has 0 aromatic carbocycles. The minimum atomic E-state index is 0.292. The van der Waals surface area contributed by atoms with Gasteiger partial charge in [0.25, 0.3) is 0 Å². The first-order valence-electron chi connectivity index (χ1n) is 9.54. The van der Waals surface area contributed by atoms with Crippen LogP contribution in [0.4, 0.5) is 0 Å². The van der Waals surface area contributed by atoms with Crippen LogP contribution in [0.1, 0.15) is 71.1 Å². The van der Waals surface area contributed by atoms with E-state index in [1.807, 2.05) is 11.8 Å². The Hall–Kier alpha value is -0.180. The van der Waals surface area contributed by atoms with Crippen molar-refractivity contribution in [3.63, 3.8) is 0 Å². The van der Waals surface area contributed by atoms with Crippen LogP contribution in [0.15, 0.2) is 0 Å². The van der Waals surface area contributed by atoms with Crippen LogP contribution in [0, 0.1) is 23.2 Å². The number of hydrogen-bond donors (Lipinski definition) is 1. The fourth-order valence-electron chi connectivity index (χ4n) is 6.39. The van der Waals surface area contributed by atoms with Gasteiger partial charge in [-0.05, 0) is 81.5 Å². The van der Waals surface area contributed by atoms with Gasteiger partial charge in [0.05, 0.1) is 5.75 Å². The predicted molar refractivity (Wildman–Crippen MR) is 92.9 cm³/mol. The maximum absolute atomic E-state index is 12.4. The van der Waals surface area contributed by atoms with E-state index in [-0.39, 0.29) is 0 Å². The second-order valence-electron chi connectivity index (χ2n) is 8.79. The normalized spacial score (nSPS) is 41.8. The van der Waals surface area contributed by atoms with Gasteiger partial charge < -0.3 is 5.32 Å². The third-order valence-electron chi connectivity index (χ3n) is 7.13. The molecular formula is C19H31NOS. The molecule has 3 heteroatoms. The summed E-state index contributed by atoms with van der Waals surface area (Å²) < 4.78 is 0. The van der Waals surface area contributed by atoms with Crippen LogP contribution in [-0.2, 0) is 4.79 Å². The summed E-state index contributed by atoms with van der Waals surface area (Å²) in [6, 6.07) is 0.387. The SMILES string of the molecule is CC(NC(=O)CSC1CCCC1)C12CC3CC(CC(C3)C1)C2. The summed E-state index contributed by atoms with van der Waals surface area (Å²) in [5.74, 6) is 3.89. The summed E-state index contributed by atoms with van der Waals surface area (Å²) in [5.41, 5.74) is 0.447. The van der Waals surface area contributed by atoms with E-state index in [4.69, 9.17) is 0 Å². The highest BCUT2D eigenvalue weighted by Gasteiger charge is 2.53. The topological polar surface area (TPSA) is 29.1 Å². The average molecular weight is 322 g/mol. The van der Waals surface area contributed by atoms with Gasteiger partial charge in [-0.15, -0.1) is 11.8 Å². The molecule has 0 heterocycles. The van der Waals surface area contributed by atoms with Crippen molar-refractivity contribution >= 4 is 17.7 Å². The van der Waals surface area contributed by atoms with Crippen LogP contribution in [-0.4, -0.2) is 23.0 Å². The van der Waals surface area contributed by atoms with E-state index in [0.717, 1.165) is 23.0 Å². The van der Waals surface area contributed by atoms with E-state index in [1.165, 1.54) is 64.2 Å². The number of carbonyl (C=O) groups excluding carboxylic acids is 1. The van der Waals surface area contributed by atoms with Crippen molar-refractivity contribution in [3.05, 3.63) is 0 Å². The molecule has 4 bridgehead atoms. The van der Waals surface area contributed by atoms with Crippen molar-refractivity contribution in [3.8, 4) is 0 Å². The van der Waals surface area contributed by atoms with E-state index in [2.05, 4.69) is 12.2 Å². The third kappa shape index (κ3) is 2.95. The molecular weight excluding hydrogens is 290 g/mol. The molecule has 5 aliphatic rings. The van der Waals surface area contributed by atoms with Crippen LogP contribution in [0.2, 0.25) is 0 Å². The van der Waals surface area contributed by atoms with E-state index in [1.54, 1.807) is 0 Å². The molecule has 0 saturated heterocycles. The van der Waals surface area contributed by atoms with Gasteiger partial charge in [-0.2, -0.15) is 0 Å². The summed E-state index contributed by atoms with van der Waals surface area (Å²) in [7, 11) is 0. The maximum atomic E-state index is 12.4. The highest BCUT2D eigenvalue weighted by molar-refractivity contribution is 8.00. The molecule has 1 atom stereocenters. The van der Waals surface area contributed by atoms with Crippen molar-refractivity contribution < 1.29 is 4.79 Å². The maximum Gasteiger partial charge on any atom is 0.230 e. The summed E-state index contributed by atoms with van der Waals surface area (Å²) in [4.78, 5) is 12.4. The molecule has 0 aromatic rings. The number of rotatable bonds is 5. The fourth-order valence-corrected chi connectivity index (χ4v) is 7.53. The quantitative estimate of drug-likeness (QED) is 0.814. The fraction of sp³-hybridized carbons (Fsp3) is 0.947. The zero-order valence-corrected chi connectivity index (χ0v) is 14.8. The zero-order chi connectivity index (χ0) is 15.2. The molecule has 5 fully saturated rings. The standard InChI is InChI=1S/C19H31NOS/c1-13(20-18(21)12-22-17-4-2-3-5-17)19-9-14-6-15(10-19)8-16(7-14)11-19/h13-17H,2-12H2,1H3,(H,20,21). The number of amides is 1. The largest absolute Gasteiger partial charge is 0.352 e. The number of hydrogen-bond acceptors (Lipinski definition) is 2. The van der Waals surface area contributed by atoms with Crippen molar-refractivity contribution in [2.24, 2.45) is 23.2 Å². The van der Waals surface area contributed by atoms with Crippen LogP contribution in [0.5, 0.6) is 0 Å². The van der Waals surface area contributed by atoms with E-state index in [0.29, 0.717) is 23.1 Å². The van der Waals surface area contributed by atoms with E-state index in [9.17, 15) is 4.79 Å². The van der Waals surface area contributed by atoms with Gasteiger partial charge in [-0.3, -0.25) is 4.79 Å². The van der Waals surface area contributed by atoms with E-state index < -0.39 is 0 Å². The molecule has 5 saturated carbocycles. The molecule has 0 radical (unpaired) electrons. The molecule has 22 heavy (non-hydrogen) atoms. The predicted octanol–water partition coefficient (Wildman–Crippen LogP) is 4.38. The van der Waals surface area contributed by atoms with Crippen LogP contribution in [0.3, 0.4) is 0 Å². The molecule has 0 spiro atoms. The Balaban J connectivity index is 1.31. The molecule has 0 aromatic heterocycles. The summed E-state index contributed by atoms with van der Waals surface area (Å²) in [6.45, 7) is 2.30. The van der Waals surface area contributed by atoms with Crippen LogP contribution >= 0.6 is 11.8 Å². The van der Waals surface area contributed by atoms with Gasteiger partial charge in [0.1, 0.15) is 0 Å². The summed E-state index contributed by atoms with van der Waals surface area (Å²) in [5, 5.41) is 4.15. The Kier molecular flexibility index (Phi) is 4.21. The molecule has 2 nitrogen and oxygen atoms in total. The van der Waals surface area contributed by atoms with Crippen molar-refractivity contribution in [2.75, 3.05) is 5.75 Å². The Labute approximate surface area is 139 Å². The average Bonchev–Trinajstić information content (AvgIpc) is 2.97. The molecule has 0 aliphatic heterocycles. The Morgan fingerprint density at radius 2 is 1.64 bits per heavy atom. The van der Waals surface area contributed by atoms with Gasteiger partial charge >= 0.3 is 0 Å². The van der Waals surface area contributed by atoms with Gasteiger partial charge in [0.2, 0.25) is 5.91 Å². The van der Waals surface area contributed by atoms with Crippen molar-refractivity contribution in [2.45, 2.75) is 82.4 Å². The first-order valence-corrected chi connectivity index (χ1v) is 10.6.